The minimum absolute atomic E-state index is 0.137. The van der Waals surface area contributed by atoms with Gasteiger partial charge in [0.15, 0.2) is 0 Å². The number of hydrogen-bond acceptors (Lipinski definition) is 5. The van der Waals surface area contributed by atoms with Gasteiger partial charge in [0.05, 0.1) is 11.6 Å². The Kier molecular flexibility index (Phi) is 3.13. The summed E-state index contributed by atoms with van der Waals surface area (Å²) in [6, 6.07) is 6.93. The molecular formula is C19H18Cl2N4O. The Morgan fingerprint density at radius 1 is 1.27 bits per heavy atom. The monoisotopic (exact) mass is 388 g/mol. The van der Waals surface area contributed by atoms with Crippen LogP contribution in [0.2, 0.25) is 10.0 Å². The lowest BCUT2D eigenvalue weighted by Crippen LogP contribution is -2.67. The second-order valence-corrected chi connectivity index (χ2v) is 8.77. The Morgan fingerprint density at radius 2 is 2.19 bits per heavy atom. The molecule has 1 aliphatic carbocycles. The number of piperidine rings is 2. The number of anilines is 1. The zero-order valence-electron chi connectivity index (χ0n) is 14.1. The second-order valence-electron chi connectivity index (χ2n) is 7.92. The Labute approximate surface area is 161 Å². The van der Waals surface area contributed by atoms with E-state index in [-0.39, 0.29) is 5.60 Å². The predicted octanol–water partition coefficient (Wildman–Crippen LogP) is 3.80. The van der Waals surface area contributed by atoms with E-state index in [2.05, 4.69) is 20.2 Å². The smallest absolute Gasteiger partial charge is 0.291 e. The van der Waals surface area contributed by atoms with E-state index in [9.17, 15) is 0 Å². The normalized spacial score (nSPS) is 36.8. The molecular weight excluding hydrogens is 371 g/mol. The number of ether oxygens (including phenoxy) is 1. The van der Waals surface area contributed by atoms with Crippen molar-refractivity contribution < 1.29 is 4.74 Å². The van der Waals surface area contributed by atoms with Crippen molar-refractivity contribution in [2.24, 2.45) is 16.8 Å². The number of hydrogen-bond donors (Lipinski definition) is 1. The topological polar surface area (TPSA) is 49.8 Å². The van der Waals surface area contributed by atoms with Gasteiger partial charge in [-0.3, -0.25) is 10.2 Å². The molecule has 2 aromatic rings. The van der Waals surface area contributed by atoms with Crippen molar-refractivity contribution in [2.45, 2.75) is 24.5 Å². The van der Waals surface area contributed by atoms with Gasteiger partial charge in [-0.15, -0.1) is 0 Å². The van der Waals surface area contributed by atoms with Crippen LogP contribution in [0.4, 0.5) is 5.82 Å². The van der Waals surface area contributed by atoms with E-state index in [1.807, 2.05) is 12.1 Å². The van der Waals surface area contributed by atoms with Crippen molar-refractivity contribution in [1.82, 2.24) is 9.88 Å². The molecule has 7 rings (SSSR count). The lowest BCUT2D eigenvalue weighted by molar-refractivity contribution is -0.141. The Balaban J connectivity index is 1.25. The highest BCUT2D eigenvalue weighted by atomic mass is 35.5. The van der Waals surface area contributed by atoms with Crippen LogP contribution in [0, 0.1) is 11.8 Å². The van der Waals surface area contributed by atoms with E-state index >= 15 is 0 Å². The van der Waals surface area contributed by atoms with E-state index in [0.717, 1.165) is 35.8 Å². The predicted molar refractivity (Wildman–Crippen MR) is 103 cm³/mol. The molecule has 4 aliphatic heterocycles. The Bertz CT molecular complexity index is 958. The highest BCUT2D eigenvalue weighted by Crippen LogP contribution is 2.57. The third-order valence-electron chi connectivity index (χ3n) is 6.65. The van der Waals surface area contributed by atoms with Gasteiger partial charge in [0.25, 0.3) is 6.02 Å². The summed E-state index contributed by atoms with van der Waals surface area (Å²) >= 11 is 12.4. The van der Waals surface area contributed by atoms with Gasteiger partial charge in [0.1, 0.15) is 11.4 Å². The number of rotatable bonds is 1. The van der Waals surface area contributed by atoms with E-state index in [1.54, 1.807) is 12.3 Å². The van der Waals surface area contributed by atoms with Crippen LogP contribution >= 0.6 is 23.2 Å². The largest absolute Gasteiger partial charge is 0.455 e. The van der Waals surface area contributed by atoms with Gasteiger partial charge in [-0.1, -0.05) is 23.2 Å². The van der Waals surface area contributed by atoms with E-state index in [1.165, 1.54) is 19.4 Å². The van der Waals surface area contributed by atoms with E-state index in [4.69, 9.17) is 27.9 Å². The molecule has 1 spiro atoms. The minimum atomic E-state index is -0.137. The average molecular weight is 389 g/mol. The molecule has 4 unspecified atom stereocenters. The van der Waals surface area contributed by atoms with Crippen LogP contribution in [0.3, 0.4) is 0 Å². The molecule has 1 aromatic carbocycles. The van der Waals surface area contributed by atoms with Crippen LogP contribution in [0.25, 0.3) is 10.8 Å². The maximum absolute atomic E-state index is 6.39. The molecule has 1 N–H and O–H groups in total. The van der Waals surface area contributed by atoms with Gasteiger partial charge >= 0.3 is 0 Å². The molecule has 0 radical (unpaired) electrons. The van der Waals surface area contributed by atoms with Crippen LogP contribution in [0.5, 0.6) is 0 Å². The van der Waals surface area contributed by atoms with Gasteiger partial charge in [-0.25, -0.2) is 9.98 Å². The third kappa shape index (κ3) is 2.08. The molecule has 4 bridgehead atoms. The molecule has 4 fully saturated rings. The number of nitrogens with one attached hydrogen (secondary N) is 1. The second kappa shape index (κ2) is 5.24. The van der Waals surface area contributed by atoms with Gasteiger partial charge in [-0.2, -0.15) is 0 Å². The molecule has 1 aromatic heterocycles. The van der Waals surface area contributed by atoms with Crippen LogP contribution in [-0.4, -0.2) is 47.2 Å². The first-order chi connectivity index (χ1) is 12.6. The molecule has 0 amide bonds. The number of aromatic nitrogens is 1. The first-order valence-electron chi connectivity index (χ1n) is 9.11. The zero-order chi connectivity index (χ0) is 17.5. The maximum atomic E-state index is 6.39. The lowest BCUT2D eigenvalue weighted by atomic mass is 9.59. The number of amidine groups is 1. The molecule has 26 heavy (non-hydrogen) atoms. The molecule has 1 saturated carbocycles. The fourth-order valence-electron chi connectivity index (χ4n) is 5.40. The summed E-state index contributed by atoms with van der Waals surface area (Å²) < 4.78 is 6.39. The Hall–Kier alpha value is -1.56. The lowest BCUT2D eigenvalue weighted by Gasteiger charge is -2.57. The number of aliphatic imine (C=N–C) groups is 1. The van der Waals surface area contributed by atoms with Crippen LogP contribution < -0.4 is 5.32 Å². The summed E-state index contributed by atoms with van der Waals surface area (Å²) in [7, 11) is 0. The maximum Gasteiger partial charge on any atom is 0.291 e. The van der Waals surface area contributed by atoms with Crippen molar-refractivity contribution in [1.29, 1.82) is 0 Å². The number of halogens is 2. The summed E-state index contributed by atoms with van der Waals surface area (Å²) in [6.07, 6.45) is 4.33. The average Bonchev–Trinajstić information content (AvgIpc) is 3.05. The molecule has 3 saturated heterocycles. The summed E-state index contributed by atoms with van der Waals surface area (Å²) in [6.45, 7) is 2.96. The van der Waals surface area contributed by atoms with Gasteiger partial charge in [0, 0.05) is 35.1 Å². The van der Waals surface area contributed by atoms with Crippen molar-refractivity contribution in [3.8, 4) is 0 Å². The fourth-order valence-corrected chi connectivity index (χ4v) is 5.96. The van der Waals surface area contributed by atoms with E-state index in [0.29, 0.717) is 27.8 Å². The van der Waals surface area contributed by atoms with Crippen LogP contribution in [0.15, 0.2) is 29.4 Å². The fraction of sp³-hybridized carbons (Fsp3) is 0.474. The van der Waals surface area contributed by atoms with E-state index < -0.39 is 0 Å². The summed E-state index contributed by atoms with van der Waals surface area (Å²) in [5.74, 6) is 2.15. The van der Waals surface area contributed by atoms with Crippen LogP contribution in [-0.2, 0) is 4.74 Å². The number of pyridine rings is 1. The third-order valence-corrected chi connectivity index (χ3v) is 7.18. The first kappa shape index (κ1) is 15.5. The molecule has 5 aliphatic rings. The summed E-state index contributed by atoms with van der Waals surface area (Å²) in [4.78, 5) is 11.7. The number of benzene rings is 1. The standard InChI is InChI=1S/C19H18Cl2N4O/c20-11-3-10-4-17(22-7-13(10)15(21)5-11)24-18-23-8-19(26-18)9-25-2-1-12-14(19)6-16(12)25/h3-5,7,12,14,16H,1-2,6,8-9H2,(H,22,23,24)/t12?,14?,16?,19-/m0/s1. The van der Waals surface area contributed by atoms with Crippen molar-refractivity contribution in [3.05, 3.63) is 34.4 Å². The quantitative estimate of drug-likeness (QED) is 0.806. The zero-order valence-corrected chi connectivity index (χ0v) is 15.6. The van der Waals surface area contributed by atoms with Crippen molar-refractivity contribution in [2.75, 3.05) is 25.0 Å². The highest BCUT2D eigenvalue weighted by molar-refractivity contribution is 6.38. The van der Waals surface area contributed by atoms with Crippen molar-refractivity contribution in [3.63, 3.8) is 0 Å². The number of nitrogens with zero attached hydrogens (tertiary/aromatic N) is 3. The molecule has 7 heteroatoms. The first-order valence-corrected chi connectivity index (χ1v) is 9.86. The molecule has 134 valence electrons. The number of fused-ring (bicyclic) bond motifs is 1. The molecule has 5 atom stereocenters. The van der Waals surface area contributed by atoms with Gasteiger partial charge in [0.2, 0.25) is 0 Å². The highest BCUT2D eigenvalue weighted by Gasteiger charge is 2.65. The summed E-state index contributed by atoms with van der Waals surface area (Å²) in [5.41, 5.74) is -0.137. The minimum Gasteiger partial charge on any atom is -0.455 e. The molecule has 5 heterocycles. The van der Waals surface area contributed by atoms with Crippen LogP contribution in [0.1, 0.15) is 12.8 Å². The van der Waals surface area contributed by atoms with Gasteiger partial charge in [-0.05, 0) is 48.9 Å². The molecule has 5 nitrogen and oxygen atoms in total. The van der Waals surface area contributed by atoms with Gasteiger partial charge < -0.3 is 4.74 Å². The SMILES string of the molecule is Clc1cc(Cl)c2cnc(NC3=NC[C@@]4(CN5CCC6C5CC64)O3)cc2c1. The van der Waals surface area contributed by atoms with Crippen molar-refractivity contribution >= 4 is 45.8 Å². The Morgan fingerprint density at radius 3 is 3.08 bits per heavy atom. The summed E-state index contributed by atoms with van der Waals surface area (Å²) in [5, 5.41) is 6.28.